The number of hydrazine groups is 1. The molecule has 1 rings (SSSR count). The van der Waals surface area contributed by atoms with Gasteiger partial charge in [-0.25, -0.2) is 0 Å². The number of ketones is 1. The fraction of sp³-hybridized carbons (Fsp3) is 0.286. The van der Waals surface area contributed by atoms with E-state index in [9.17, 15) is 31.5 Å². The molecule has 0 radical (unpaired) electrons. The molecule has 0 atom stereocenters. The van der Waals surface area contributed by atoms with Crippen LogP contribution in [0.1, 0.15) is 6.92 Å². The van der Waals surface area contributed by atoms with Gasteiger partial charge in [0.05, 0.1) is 5.02 Å². The smallest absolute Gasteiger partial charge is 0.461 e. The van der Waals surface area contributed by atoms with Gasteiger partial charge in [-0.05, 0) is 25.1 Å². The lowest BCUT2D eigenvalue weighted by molar-refractivity contribution is -0.266. The highest BCUT2D eigenvalue weighted by Gasteiger charge is 2.62. The Labute approximate surface area is 154 Å². The van der Waals surface area contributed by atoms with Crippen LogP contribution in [0, 0.1) is 0 Å². The Morgan fingerprint density at radius 3 is 2.31 bits per heavy atom. The number of amides is 1. The molecule has 5 nitrogen and oxygen atoms in total. The van der Waals surface area contributed by atoms with Crippen LogP contribution in [0.5, 0.6) is 5.75 Å². The van der Waals surface area contributed by atoms with Crippen molar-refractivity contribution in [1.29, 1.82) is 0 Å². The molecule has 26 heavy (non-hydrogen) atoms. The summed E-state index contributed by atoms with van der Waals surface area (Å²) in [6, 6.07) is 4.22. The Morgan fingerprint density at radius 1 is 1.15 bits per heavy atom. The molecule has 12 heteroatoms. The molecule has 0 unspecified atom stereocenters. The first-order valence-electron chi connectivity index (χ1n) is 6.64. The molecule has 0 saturated carbocycles. The molecule has 0 aliphatic rings. The number of carbonyl (C=O) groups is 2. The normalized spacial score (nSPS) is 12.5. The summed E-state index contributed by atoms with van der Waals surface area (Å²) in [4.78, 5) is 22.5. The molecule has 0 aliphatic heterocycles. The maximum absolute atomic E-state index is 12.8. The SMILES string of the molecule is C/C(=C\C(=O)C(F)(F)C(F)(F)F)NNC(=O)COc1ccc(Cl)cc1Cl. The van der Waals surface area contributed by atoms with Crippen molar-refractivity contribution >= 4 is 34.9 Å². The van der Waals surface area contributed by atoms with Gasteiger partial charge in [0.2, 0.25) is 5.78 Å². The zero-order valence-corrected chi connectivity index (χ0v) is 14.4. The molecule has 1 aromatic rings. The summed E-state index contributed by atoms with van der Waals surface area (Å²) < 4.78 is 66.8. The average Bonchev–Trinajstić information content (AvgIpc) is 2.50. The molecule has 0 saturated heterocycles. The van der Waals surface area contributed by atoms with E-state index in [2.05, 4.69) is 0 Å². The van der Waals surface area contributed by atoms with Crippen molar-refractivity contribution in [1.82, 2.24) is 10.9 Å². The van der Waals surface area contributed by atoms with Crippen LogP contribution in [0.2, 0.25) is 10.0 Å². The lowest BCUT2D eigenvalue weighted by atomic mass is 10.2. The summed E-state index contributed by atoms with van der Waals surface area (Å²) in [7, 11) is 0. The second-order valence-electron chi connectivity index (χ2n) is 4.80. The van der Waals surface area contributed by atoms with E-state index in [0.717, 1.165) is 6.92 Å². The van der Waals surface area contributed by atoms with Crippen molar-refractivity contribution in [3.05, 3.63) is 40.0 Å². The zero-order chi connectivity index (χ0) is 20.1. The van der Waals surface area contributed by atoms with Crippen LogP contribution in [0.25, 0.3) is 0 Å². The Kier molecular flexibility index (Phi) is 7.22. The summed E-state index contributed by atoms with van der Waals surface area (Å²) in [6.07, 6.45) is -6.00. The largest absolute Gasteiger partial charge is 0.482 e. The molecule has 0 bridgehead atoms. The van der Waals surface area contributed by atoms with Gasteiger partial charge in [-0.2, -0.15) is 22.0 Å². The van der Waals surface area contributed by atoms with Crippen LogP contribution >= 0.6 is 23.2 Å². The minimum Gasteiger partial charge on any atom is -0.482 e. The first kappa shape index (κ1) is 22.0. The van der Waals surface area contributed by atoms with Crippen molar-refractivity contribution in [2.45, 2.75) is 19.0 Å². The summed E-state index contributed by atoms with van der Waals surface area (Å²) >= 11 is 11.5. The number of hydrogen-bond donors (Lipinski definition) is 2. The monoisotopic (exact) mass is 420 g/mol. The summed E-state index contributed by atoms with van der Waals surface area (Å²) in [5, 5.41) is 0.476. The van der Waals surface area contributed by atoms with Gasteiger partial charge < -0.3 is 10.2 Å². The number of allylic oxidation sites excluding steroid dienone is 2. The van der Waals surface area contributed by atoms with Crippen molar-refractivity contribution in [3.8, 4) is 5.75 Å². The van der Waals surface area contributed by atoms with Crippen molar-refractivity contribution < 1.29 is 36.3 Å². The first-order valence-corrected chi connectivity index (χ1v) is 7.40. The Bertz CT molecular complexity index is 723. The van der Waals surface area contributed by atoms with Gasteiger partial charge in [0.15, 0.2) is 6.61 Å². The molecule has 1 amide bonds. The summed E-state index contributed by atoms with van der Waals surface area (Å²) in [5.74, 6) is -8.69. The third-order valence-corrected chi connectivity index (χ3v) is 3.20. The van der Waals surface area contributed by atoms with Gasteiger partial charge in [-0.3, -0.25) is 15.0 Å². The number of hydrogen-bond acceptors (Lipinski definition) is 4. The zero-order valence-electron chi connectivity index (χ0n) is 12.9. The highest BCUT2D eigenvalue weighted by Crippen LogP contribution is 2.36. The van der Waals surface area contributed by atoms with E-state index in [1.54, 1.807) is 0 Å². The van der Waals surface area contributed by atoms with Gasteiger partial charge in [-0.15, -0.1) is 0 Å². The third kappa shape index (κ3) is 6.03. The first-order chi connectivity index (χ1) is 11.8. The van der Waals surface area contributed by atoms with E-state index < -0.39 is 36.1 Å². The van der Waals surface area contributed by atoms with Gasteiger partial charge in [0, 0.05) is 16.8 Å². The maximum Gasteiger partial charge on any atom is 0.461 e. The van der Waals surface area contributed by atoms with E-state index in [-0.39, 0.29) is 16.8 Å². The van der Waals surface area contributed by atoms with Crippen molar-refractivity contribution in [2.24, 2.45) is 0 Å². The lowest BCUT2D eigenvalue weighted by Gasteiger charge is -2.17. The quantitative estimate of drug-likeness (QED) is 0.401. The fourth-order valence-electron chi connectivity index (χ4n) is 1.40. The Balaban J connectivity index is 2.55. The number of nitrogens with one attached hydrogen (secondary N) is 2. The van der Waals surface area contributed by atoms with E-state index in [1.807, 2.05) is 10.9 Å². The molecule has 0 aliphatic carbocycles. The predicted octanol–water partition coefficient (Wildman–Crippen LogP) is 3.66. The van der Waals surface area contributed by atoms with Crippen LogP contribution < -0.4 is 15.6 Å². The third-order valence-electron chi connectivity index (χ3n) is 2.66. The molecular weight excluding hydrogens is 410 g/mol. The van der Waals surface area contributed by atoms with Gasteiger partial charge in [0.1, 0.15) is 5.75 Å². The van der Waals surface area contributed by atoms with E-state index in [4.69, 9.17) is 27.9 Å². The number of carbonyl (C=O) groups excluding carboxylic acids is 2. The summed E-state index contributed by atoms with van der Waals surface area (Å²) in [5.41, 5.74) is 3.50. The number of halogens is 7. The fourth-order valence-corrected chi connectivity index (χ4v) is 1.87. The van der Waals surface area contributed by atoms with Gasteiger partial charge >= 0.3 is 12.1 Å². The van der Waals surface area contributed by atoms with E-state index in [0.29, 0.717) is 5.02 Å². The highest BCUT2D eigenvalue weighted by molar-refractivity contribution is 6.35. The molecule has 1 aromatic carbocycles. The average molecular weight is 421 g/mol. The predicted molar refractivity (Wildman–Crippen MR) is 83.0 cm³/mol. The minimum absolute atomic E-state index is 0.0185. The van der Waals surface area contributed by atoms with E-state index >= 15 is 0 Å². The standard InChI is InChI=1S/C14H11Cl2F5N2O3/c1-7(4-11(24)13(17,18)14(19,20)21)22-23-12(25)6-26-10-3-2-8(15)5-9(10)16/h2-5,22H,6H2,1H3,(H,23,25)/b7-4+. The highest BCUT2D eigenvalue weighted by atomic mass is 35.5. The van der Waals surface area contributed by atoms with Crippen LogP contribution in [0.3, 0.4) is 0 Å². The molecule has 0 fully saturated rings. The van der Waals surface area contributed by atoms with Crippen LogP contribution in [-0.2, 0) is 9.59 Å². The molecule has 144 valence electrons. The lowest BCUT2D eigenvalue weighted by Crippen LogP contribution is -2.44. The second-order valence-corrected chi connectivity index (χ2v) is 5.64. The topological polar surface area (TPSA) is 67.4 Å². The maximum atomic E-state index is 12.8. The van der Waals surface area contributed by atoms with Crippen LogP contribution in [-0.4, -0.2) is 30.4 Å². The molecule has 2 N–H and O–H groups in total. The molecule has 0 aromatic heterocycles. The Hall–Kier alpha value is -2.07. The number of alkyl halides is 5. The summed E-state index contributed by atoms with van der Waals surface area (Å²) in [6.45, 7) is 0.440. The van der Waals surface area contributed by atoms with Crippen LogP contribution in [0.4, 0.5) is 22.0 Å². The van der Waals surface area contributed by atoms with E-state index in [1.165, 1.54) is 18.2 Å². The Morgan fingerprint density at radius 2 is 1.77 bits per heavy atom. The van der Waals surface area contributed by atoms with Gasteiger partial charge in [-0.1, -0.05) is 23.2 Å². The van der Waals surface area contributed by atoms with Crippen molar-refractivity contribution in [2.75, 3.05) is 6.61 Å². The second kappa shape index (κ2) is 8.54. The molecule has 0 spiro atoms. The molecular formula is C14H11Cl2F5N2O3. The number of benzene rings is 1. The minimum atomic E-state index is -6.02. The van der Waals surface area contributed by atoms with Crippen LogP contribution in [0.15, 0.2) is 30.0 Å². The van der Waals surface area contributed by atoms with Crippen molar-refractivity contribution in [3.63, 3.8) is 0 Å². The van der Waals surface area contributed by atoms with Gasteiger partial charge in [0.25, 0.3) is 5.91 Å². The number of rotatable bonds is 7. The molecule has 0 heterocycles. The number of ether oxygens (including phenoxy) is 1.